The summed E-state index contributed by atoms with van der Waals surface area (Å²) in [6.07, 6.45) is 0. The molecule has 0 radical (unpaired) electrons. The fraction of sp³-hybridized carbons (Fsp3) is 0.400. The Morgan fingerprint density at radius 1 is 0.923 bits per heavy atom. The molecule has 5 nitrogen and oxygen atoms in total. The Hall–Kier alpha value is -1.79. The average molecular weight is 382 g/mol. The van der Waals surface area contributed by atoms with Crippen molar-refractivity contribution in [3.8, 4) is 11.5 Å². The number of nitrogens with one attached hydrogen (secondary N) is 1. The zero-order valence-electron chi connectivity index (χ0n) is 15.1. The van der Waals surface area contributed by atoms with E-state index in [0.29, 0.717) is 26.4 Å². The van der Waals surface area contributed by atoms with Crippen LogP contribution in [0.2, 0.25) is 0 Å². The van der Waals surface area contributed by atoms with E-state index >= 15 is 0 Å². The van der Waals surface area contributed by atoms with Crippen LogP contribution >= 0.6 is 12.4 Å². The highest BCUT2D eigenvalue weighted by atomic mass is 35.5. The van der Waals surface area contributed by atoms with Gasteiger partial charge in [-0.2, -0.15) is 0 Å². The molecular formula is C20H28ClNO4. The van der Waals surface area contributed by atoms with E-state index in [1.54, 1.807) is 0 Å². The number of aliphatic hydroxyl groups excluding tert-OH is 1. The first-order chi connectivity index (χ1) is 12.3. The molecule has 0 aliphatic carbocycles. The second-order valence-electron chi connectivity index (χ2n) is 5.50. The summed E-state index contributed by atoms with van der Waals surface area (Å²) in [5.41, 5.74) is 2.25. The molecule has 0 saturated carbocycles. The Bertz CT molecular complexity index is 610. The SMILES string of the molecule is CCOc1cc(CNCCOCCO)ccc1OCc1ccccc1.Cl. The van der Waals surface area contributed by atoms with E-state index < -0.39 is 0 Å². The van der Waals surface area contributed by atoms with Gasteiger partial charge >= 0.3 is 0 Å². The summed E-state index contributed by atoms with van der Waals surface area (Å²) < 4.78 is 16.9. The van der Waals surface area contributed by atoms with E-state index in [0.717, 1.165) is 35.7 Å². The minimum absolute atomic E-state index is 0. The second-order valence-corrected chi connectivity index (χ2v) is 5.50. The van der Waals surface area contributed by atoms with Gasteiger partial charge in [-0.15, -0.1) is 12.4 Å². The van der Waals surface area contributed by atoms with Gasteiger partial charge in [0.2, 0.25) is 0 Å². The molecule has 0 aromatic heterocycles. The van der Waals surface area contributed by atoms with Crippen molar-refractivity contribution in [2.45, 2.75) is 20.1 Å². The topological polar surface area (TPSA) is 60.0 Å². The van der Waals surface area contributed by atoms with E-state index in [1.807, 2.05) is 55.5 Å². The Kier molecular flexibility index (Phi) is 11.5. The smallest absolute Gasteiger partial charge is 0.161 e. The number of benzene rings is 2. The van der Waals surface area contributed by atoms with Gasteiger partial charge in [-0.1, -0.05) is 36.4 Å². The molecule has 0 saturated heterocycles. The molecule has 0 amide bonds. The second kappa shape index (κ2) is 13.4. The molecule has 144 valence electrons. The fourth-order valence-electron chi connectivity index (χ4n) is 2.33. The third-order valence-corrected chi connectivity index (χ3v) is 3.53. The predicted molar refractivity (Wildman–Crippen MR) is 105 cm³/mol. The summed E-state index contributed by atoms with van der Waals surface area (Å²) >= 11 is 0. The highest BCUT2D eigenvalue weighted by Gasteiger charge is 2.07. The zero-order valence-corrected chi connectivity index (χ0v) is 16.0. The molecule has 26 heavy (non-hydrogen) atoms. The van der Waals surface area contributed by atoms with Gasteiger partial charge in [-0.25, -0.2) is 0 Å². The highest BCUT2D eigenvalue weighted by molar-refractivity contribution is 5.85. The molecule has 6 heteroatoms. The van der Waals surface area contributed by atoms with Crippen LogP contribution in [0.5, 0.6) is 11.5 Å². The standard InChI is InChI=1S/C20H27NO4.ClH/c1-2-24-20-14-18(15-21-10-12-23-13-11-22)8-9-19(20)25-16-17-6-4-3-5-7-17;/h3-9,14,21-22H,2,10-13,15-16H2,1H3;1H. The van der Waals surface area contributed by atoms with Crippen LogP contribution in [0.1, 0.15) is 18.1 Å². The van der Waals surface area contributed by atoms with Crippen molar-refractivity contribution in [3.63, 3.8) is 0 Å². The van der Waals surface area contributed by atoms with Gasteiger partial charge in [0, 0.05) is 13.1 Å². The van der Waals surface area contributed by atoms with Crippen LogP contribution < -0.4 is 14.8 Å². The fourth-order valence-corrected chi connectivity index (χ4v) is 2.33. The molecule has 0 unspecified atom stereocenters. The first-order valence-corrected chi connectivity index (χ1v) is 8.65. The van der Waals surface area contributed by atoms with Crippen molar-refractivity contribution in [2.24, 2.45) is 0 Å². The predicted octanol–water partition coefficient (Wildman–Crippen LogP) is 3.18. The van der Waals surface area contributed by atoms with E-state index in [-0.39, 0.29) is 19.0 Å². The van der Waals surface area contributed by atoms with Gasteiger partial charge in [0.15, 0.2) is 11.5 Å². The van der Waals surface area contributed by atoms with Crippen LogP contribution in [-0.2, 0) is 17.9 Å². The minimum Gasteiger partial charge on any atom is -0.490 e. The summed E-state index contributed by atoms with van der Waals surface area (Å²) in [5.74, 6) is 1.51. The summed E-state index contributed by atoms with van der Waals surface area (Å²) in [5, 5.41) is 12.0. The molecule has 2 rings (SSSR count). The van der Waals surface area contributed by atoms with Gasteiger partial charge in [0.25, 0.3) is 0 Å². The molecule has 0 atom stereocenters. The quantitative estimate of drug-likeness (QED) is 0.553. The molecule has 2 aromatic rings. The lowest BCUT2D eigenvalue weighted by Crippen LogP contribution is -2.20. The Morgan fingerprint density at radius 3 is 2.46 bits per heavy atom. The van der Waals surface area contributed by atoms with Crippen LogP contribution in [0.15, 0.2) is 48.5 Å². The molecule has 2 aromatic carbocycles. The van der Waals surface area contributed by atoms with Crippen LogP contribution in [0, 0.1) is 0 Å². The Balaban J connectivity index is 0.00000338. The van der Waals surface area contributed by atoms with E-state index in [4.69, 9.17) is 19.3 Å². The first-order valence-electron chi connectivity index (χ1n) is 8.65. The summed E-state index contributed by atoms with van der Waals surface area (Å²) in [6.45, 7) is 5.54. The number of hydrogen-bond acceptors (Lipinski definition) is 5. The van der Waals surface area contributed by atoms with Crippen LogP contribution in [0.4, 0.5) is 0 Å². The average Bonchev–Trinajstić information content (AvgIpc) is 2.65. The van der Waals surface area contributed by atoms with Crippen molar-refractivity contribution in [3.05, 3.63) is 59.7 Å². The molecule has 0 heterocycles. The van der Waals surface area contributed by atoms with Crippen LogP contribution in [0.25, 0.3) is 0 Å². The van der Waals surface area contributed by atoms with Crippen molar-refractivity contribution in [2.75, 3.05) is 33.0 Å². The maximum absolute atomic E-state index is 8.65. The summed E-state index contributed by atoms with van der Waals surface area (Å²) in [4.78, 5) is 0. The molecular weight excluding hydrogens is 354 g/mol. The monoisotopic (exact) mass is 381 g/mol. The first kappa shape index (κ1) is 22.3. The molecule has 0 fully saturated rings. The summed E-state index contributed by atoms with van der Waals surface area (Å²) in [7, 11) is 0. The third-order valence-electron chi connectivity index (χ3n) is 3.53. The molecule has 2 N–H and O–H groups in total. The maximum atomic E-state index is 8.65. The van der Waals surface area contributed by atoms with E-state index in [2.05, 4.69) is 5.32 Å². The lowest BCUT2D eigenvalue weighted by molar-refractivity contribution is 0.0938. The van der Waals surface area contributed by atoms with Gasteiger partial charge in [-0.05, 0) is 30.2 Å². The largest absolute Gasteiger partial charge is 0.490 e. The number of rotatable bonds is 12. The number of ether oxygens (including phenoxy) is 3. The molecule has 0 bridgehead atoms. The van der Waals surface area contributed by atoms with Crippen molar-refractivity contribution < 1.29 is 19.3 Å². The third kappa shape index (κ3) is 8.06. The number of aliphatic hydroxyl groups is 1. The molecule has 0 aliphatic rings. The van der Waals surface area contributed by atoms with E-state index in [1.165, 1.54) is 0 Å². The van der Waals surface area contributed by atoms with Gasteiger partial charge in [0.05, 0.1) is 26.4 Å². The Morgan fingerprint density at radius 2 is 1.73 bits per heavy atom. The zero-order chi connectivity index (χ0) is 17.7. The van der Waals surface area contributed by atoms with Gasteiger partial charge < -0.3 is 24.6 Å². The van der Waals surface area contributed by atoms with Crippen LogP contribution in [0.3, 0.4) is 0 Å². The molecule has 0 aliphatic heterocycles. The minimum atomic E-state index is 0. The molecule has 0 spiro atoms. The summed E-state index contributed by atoms with van der Waals surface area (Å²) in [6, 6.07) is 16.1. The van der Waals surface area contributed by atoms with Crippen molar-refractivity contribution in [1.29, 1.82) is 0 Å². The normalized spacial score (nSPS) is 10.2. The van der Waals surface area contributed by atoms with Crippen molar-refractivity contribution >= 4 is 12.4 Å². The van der Waals surface area contributed by atoms with E-state index in [9.17, 15) is 0 Å². The number of hydrogen-bond donors (Lipinski definition) is 2. The lowest BCUT2D eigenvalue weighted by atomic mass is 10.2. The maximum Gasteiger partial charge on any atom is 0.161 e. The Labute approximate surface area is 161 Å². The number of halogens is 1. The highest BCUT2D eigenvalue weighted by Crippen LogP contribution is 2.29. The van der Waals surface area contributed by atoms with Gasteiger partial charge in [0.1, 0.15) is 6.61 Å². The van der Waals surface area contributed by atoms with Crippen LogP contribution in [-0.4, -0.2) is 38.1 Å². The van der Waals surface area contributed by atoms with Crippen molar-refractivity contribution in [1.82, 2.24) is 5.32 Å². The lowest BCUT2D eigenvalue weighted by Gasteiger charge is -2.14. The van der Waals surface area contributed by atoms with Gasteiger partial charge in [-0.3, -0.25) is 0 Å².